The van der Waals surface area contributed by atoms with Gasteiger partial charge in [-0.15, -0.1) is 0 Å². The average Bonchev–Trinajstić information content (AvgIpc) is 2.23. The molecule has 0 aliphatic carbocycles. The predicted molar refractivity (Wildman–Crippen MR) is 62.5 cm³/mol. The zero-order chi connectivity index (χ0) is 11.0. The zero-order valence-corrected chi connectivity index (χ0v) is 10.3. The Bertz CT molecular complexity index is 124. The van der Waals surface area contributed by atoms with E-state index in [1.165, 1.54) is 12.8 Å². The Morgan fingerprint density at radius 1 is 1.14 bits per heavy atom. The van der Waals surface area contributed by atoms with Crippen LogP contribution in [0.5, 0.6) is 0 Å². The second kappa shape index (κ2) is 7.24. The molecule has 0 spiro atoms. The van der Waals surface area contributed by atoms with Gasteiger partial charge in [-0.25, -0.2) is 0 Å². The summed E-state index contributed by atoms with van der Waals surface area (Å²) in [6, 6.07) is 0. The minimum absolute atomic E-state index is 0.127. The van der Waals surface area contributed by atoms with E-state index in [-0.39, 0.29) is 5.41 Å². The predicted octanol–water partition coefficient (Wildman–Crippen LogP) is 2.52. The third-order valence-corrected chi connectivity index (χ3v) is 3.33. The quantitative estimate of drug-likeness (QED) is 0.652. The van der Waals surface area contributed by atoms with Crippen LogP contribution in [0, 0.1) is 5.41 Å². The molecule has 2 heteroatoms. The summed E-state index contributed by atoms with van der Waals surface area (Å²) < 4.78 is 0. The Kier molecular flexibility index (Phi) is 7.20. The van der Waals surface area contributed by atoms with Crippen LogP contribution in [0.1, 0.15) is 46.5 Å². The number of aliphatic hydroxyl groups excluding tert-OH is 1. The smallest absolute Gasteiger partial charge is 0.0499 e. The van der Waals surface area contributed by atoms with Gasteiger partial charge >= 0.3 is 0 Å². The first-order valence-electron chi connectivity index (χ1n) is 5.93. The molecule has 0 aromatic carbocycles. The van der Waals surface area contributed by atoms with Gasteiger partial charge in [0.2, 0.25) is 0 Å². The summed E-state index contributed by atoms with van der Waals surface area (Å²) in [4.78, 5) is 2.35. The molecule has 0 amide bonds. The van der Waals surface area contributed by atoms with Crippen LogP contribution in [0.15, 0.2) is 0 Å². The maximum atomic E-state index is 9.42. The molecule has 0 radical (unpaired) electrons. The zero-order valence-electron chi connectivity index (χ0n) is 10.3. The van der Waals surface area contributed by atoms with Crippen molar-refractivity contribution in [1.29, 1.82) is 0 Å². The normalized spacial score (nSPS) is 12.4. The monoisotopic (exact) mass is 201 g/mol. The summed E-state index contributed by atoms with van der Waals surface area (Å²) in [5, 5.41) is 9.42. The van der Waals surface area contributed by atoms with Crippen molar-refractivity contribution in [3.63, 3.8) is 0 Å². The van der Waals surface area contributed by atoms with E-state index in [2.05, 4.69) is 32.7 Å². The Labute approximate surface area is 89.3 Å². The molecule has 0 aromatic heterocycles. The molecule has 0 rings (SSSR count). The number of aliphatic hydroxyl groups is 1. The fourth-order valence-corrected chi connectivity index (χ4v) is 1.83. The van der Waals surface area contributed by atoms with Gasteiger partial charge in [-0.3, -0.25) is 0 Å². The Hall–Kier alpha value is -0.0800. The van der Waals surface area contributed by atoms with E-state index in [0.717, 1.165) is 25.9 Å². The van der Waals surface area contributed by atoms with Gasteiger partial charge in [0.1, 0.15) is 0 Å². The second-order valence-electron chi connectivity index (χ2n) is 4.46. The van der Waals surface area contributed by atoms with E-state index >= 15 is 0 Å². The Morgan fingerprint density at radius 2 is 1.71 bits per heavy atom. The lowest BCUT2D eigenvalue weighted by Gasteiger charge is -2.34. The van der Waals surface area contributed by atoms with E-state index in [1.54, 1.807) is 0 Å². The average molecular weight is 201 g/mol. The summed E-state index contributed by atoms with van der Waals surface area (Å²) in [6.45, 7) is 9.05. The molecule has 2 nitrogen and oxygen atoms in total. The van der Waals surface area contributed by atoms with E-state index in [1.807, 2.05) is 0 Å². The van der Waals surface area contributed by atoms with Crippen molar-refractivity contribution >= 4 is 0 Å². The first-order valence-corrected chi connectivity index (χ1v) is 5.93. The molecule has 0 aliphatic rings. The number of nitrogens with zero attached hydrogens (tertiary/aromatic N) is 1. The lowest BCUT2D eigenvalue weighted by molar-refractivity contribution is 0.0751. The van der Waals surface area contributed by atoms with Crippen LogP contribution >= 0.6 is 0 Å². The highest BCUT2D eigenvalue weighted by Crippen LogP contribution is 2.26. The molecule has 0 aliphatic heterocycles. The van der Waals surface area contributed by atoms with E-state index in [9.17, 15) is 5.11 Å². The highest BCUT2D eigenvalue weighted by Gasteiger charge is 2.26. The fourth-order valence-electron chi connectivity index (χ4n) is 1.83. The highest BCUT2D eigenvalue weighted by molar-refractivity contribution is 4.78. The largest absolute Gasteiger partial charge is 0.396 e. The molecule has 0 heterocycles. The van der Waals surface area contributed by atoms with Crippen LogP contribution in [0.4, 0.5) is 0 Å². The topological polar surface area (TPSA) is 23.5 Å². The van der Waals surface area contributed by atoms with Gasteiger partial charge in [-0.1, -0.05) is 27.2 Å². The highest BCUT2D eigenvalue weighted by atomic mass is 16.3. The summed E-state index contributed by atoms with van der Waals surface area (Å²) in [7, 11) is 2.16. The number of unbranched alkanes of at least 4 members (excludes halogenated alkanes) is 1. The lowest BCUT2D eigenvalue weighted by Crippen LogP contribution is -2.38. The van der Waals surface area contributed by atoms with Gasteiger partial charge in [0.25, 0.3) is 0 Å². The van der Waals surface area contributed by atoms with Crippen LogP contribution in [0.2, 0.25) is 0 Å². The Morgan fingerprint density at radius 3 is 2.07 bits per heavy atom. The SMILES string of the molecule is CCCCN(C)CC(CC)(CC)CO. The van der Waals surface area contributed by atoms with Gasteiger partial charge in [0.05, 0.1) is 0 Å². The van der Waals surface area contributed by atoms with Crippen LogP contribution in [-0.4, -0.2) is 36.8 Å². The summed E-state index contributed by atoms with van der Waals surface area (Å²) in [5.41, 5.74) is 0.127. The van der Waals surface area contributed by atoms with Crippen molar-refractivity contribution in [3.05, 3.63) is 0 Å². The summed E-state index contributed by atoms with van der Waals surface area (Å²) in [5.74, 6) is 0. The number of rotatable bonds is 8. The first kappa shape index (κ1) is 13.9. The molecule has 1 N–H and O–H groups in total. The lowest BCUT2D eigenvalue weighted by atomic mass is 9.83. The van der Waals surface area contributed by atoms with Crippen LogP contribution in [0.25, 0.3) is 0 Å². The number of hydrogen-bond acceptors (Lipinski definition) is 2. The molecule has 0 aromatic rings. The summed E-state index contributed by atoms with van der Waals surface area (Å²) in [6.07, 6.45) is 4.63. The fraction of sp³-hybridized carbons (Fsp3) is 1.00. The van der Waals surface area contributed by atoms with Crippen molar-refractivity contribution < 1.29 is 5.11 Å². The van der Waals surface area contributed by atoms with Crippen molar-refractivity contribution in [3.8, 4) is 0 Å². The minimum atomic E-state index is 0.127. The molecular formula is C12H27NO. The van der Waals surface area contributed by atoms with Crippen LogP contribution in [0.3, 0.4) is 0 Å². The number of hydrogen-bond donors (Lipinski definition) is 1. The molecule has 0 saturated carbocycles. The van der Waals surface area contributed by atoms with E-state index in [4.69, 9.17) is 0 Å². The molecule has 0 saturated heterocycles. The van der Waals surface area contributed by atoms with Crippen molar-refractivity contribution in [2.75, 3.05) is 26.7 Å². The van der Waals surface area contributed by atoms with Gasteiger partial charge < -0.3 is 10.0 Å². The van der Waals surface area contributed by atoms with Gasteiger partial charge in [0, 0.05) is 18.6 Å². The maximum Gasteiger partial charge on any atom is 0.0499 e. The van der Waals surface area contributed by atoms with Crippen molar-refractivity contribution in [2.24, 2.45) is 5.41 Å². The van der Waals surface area contributed by atoms with Crippen molar-refractivity contribution in [1.82, 2.24) is 4.90 Å². The standard InChI is InChI=1S/C12H27NO/c1-5-8-9-13(4)10-12(6-2,7-3)11-14/h14H,5-11H2,1-4H3. The molecule has 0 bridgehead atoms. The van der Waals surface area contributed by atoms with E-state index < -0.39 is 0 Å². The van der Waals surface area contributed by atoms with E-state index in [0.29, 0.717) is 6.61 Å². The third kappa shape index (κ3) is 4.43. The Balaban J connectivity index is 4.01. The van der Waals surface area contributed by atoms with Gasteiger partial charge in [-0.2, -0.15) is 0 Å². The van der Waals surface area contributed by atoms with Gasteiger partial charge in [-0.05, 0) is 32.9 Å². The maximum absolute atomic E-state index is 9.42. The third-order valence-electron chi connectivity index (χ3n) is 3.33. The molecule has 0 unspecified atom stereocenters. The first-order chi connectivity index (χ1) is 6.64. The molecule has 86 valence electrons. The molecule has 0 atom stereocenters. The molecular weight excluding hydrogens is 174 g/mol. The second-order valence-corrected chi connectivity index (χ2v) is 4.46. The molecule has 0 fully saturated rings. The van der Waals surface area contributed by atoms with Crippen molar-refractivity contribution in [2.45, 2.75) is 46.5 Å². The summed E-state index contributed by atoms with van der Waals surface area (Å²) >= 11 is 0. The minimum Gasteiger partial charge on any atom is -0.396 e. The van der Waals surface area contributed by atoms with Crippen LogP contribution in [-0.2, 0) is 0 Å². The molecule has 14 heavy (non-hydrogen) atoms. The van der Waals surface area contributed by atoms with Gasteiger partial charge in [0.15, 0.2) is 0 Å². The van der Waals surface area contributed by atoms with Crippen LogP contribution < -0.4 is 0 Å².